The van der Waals surface area contributed by atoms with E-state index < -0.39 is 0 Å². The Bertz CT molecular complexity index is 777. The van der Waals surface area contributed by atoms with Gasteiger partial charge in [-0.25, -0.2) is 9.97 Å². The Kier molecular flexibility index (Phi) is 3.10. The highest BCUT2D eigenvalue weighted by molar-refractivity contribution is 6.31. The van der Waals surface area contributed by atoms with Crippen LogP contribution in [0.3, 0.4) is 0 Å². The summed E-state index contributed by atoms with van der Waals surface area (Å²) in [6.07, 6.45) is 1.64. The van der Waals surface area contributed by atoms with E-state index in [1.54, 1.807) is 6.20 Å². The number of hydrogen-bond donors (Lipinski definition) is 1. The molecular weight excluding hydrogens is 272 g/mol. The van der Waals surface area contributed by atoms with Crippen LogP contribution in [0.1, 0.15) is 5.56 Å². The summed E-state index contributed by atoms with van der Waals surface area (Å²) < 4.78 is 0. The molecule has 4 nitrogen and oxygen atoms in total. The fourth-order valence-electron chi connectivity index (χ4n) is 2.12. The standard InChI is InChI=1S/C15H15ClN4/c1-9-12(16)8-17-15-13(9)18-14(19-15)10-5-4-6-11(7-10)20(2)3/h4-8H,1-3H3,(H,17,18,19). The van der Waals surface area contributed by atoms with Gasteiger partial charge in [-0.15, -0.1) is 0 Å². The highest BCUT2D eigenvalue weighted by Gasteiger charge is 2.10. The number of H-pyrrole nitrogens is 1. The molecule has 2 aromatic heterocycles. The minimum Gasteiger partial charge on any atom is -0.378 e. The second kappa shape index (κ2) is 4.80. The minimum atomic E-state index is 0.648. The predicted octanol–water partition coefficient (Wildman–Crippen LogP) is 3.65. The summed E-state index contributed by atoms with van der Waals surface area (Å²) in [5.41, 5.74) is 4.72. The summed E-state index contributed by atoms with van der Waals surface area (Å²) in [5, 5.41) is 0.648. The van der Waals surface area contributed by atoms with Crippen LogP contribution in [0.25, 0.3) is 22.6 Å². The third-order valence-electron chi connectivity index (χ3n) is 3.35. The molecule has 1 N–H and O–H groups in total. The first-order chi connectivity index (χ1) is 9.56. The monoisotopic (exact) mass is 286 g/mol. The summed E-state index contributed by atoms with van der Waals surface area (Å²) in [6, 6.07) is 8.20. The van der Waals surface area contributed by atoms with Gasteiger partial charge in [0.15, 0.2) is 5.65 Å². The van der Waals surface area contributed by atoms with Gasteiger partial charge in [-0.05, 0) is 24.6 Å². The van der Waals surface area contributed by atoms with Crippen molar-refractivity contribution in [2.45, 2.75) is 6.92 Å². The number of nitrogens with one attached hydrogen (secondary N) is 1. The quantitative estimate of drug-likeness (QED) is 0.782. The van der Waals surface area contributed by atoms with Gasteiger partial charge >= 0.3 is 0 Å². The van der Waals surface area contributed by atoms with Crippen molar-refractivity contribution in [1.82, 2.24) is 15.0 Å². The van der Waals surface area contributed by atoms with Gasteiger partial charge in [0.25, 0.3) is 0 Å². The first-order valence-electron chi connectivity index (χ1n) is 6.35. The maximum Gasteiger partial charge on any atom is 0.178 e. The van der Waals surface area contributed by atoms with Crippen molar-refractivity contribution in [2.75, 3.05) is 19.0 Å². The van der Waals surface area contributed by atoms with Crippen LogP contribution in [0.5, 0.6) is 0 Å². The Morgan fingerprint density at radius 1 is 1.25 bits per heavy atom. The van der Waals surface area contributed by atoms with E-state index in [1.165, 1.54) is 0 Å². The lowest BCUT2D eigenvalue weighted by molar-refractivity contribution is 1.13. The summed E-state index contributed by atoms with van der Waals surface area (Å²) in [7, 11) is 4.03. The Hall–Kier alpha value is -2.07. The van der Waals surface area contributed by atoms with E-state index in [-0.39, 0.29) is 0 Å². The van der Waals surface area contributed by atoms with E-state index in [1.807, 2.05) is 33.2 Å². The average Bonchev–Trinajstić information content (AvgIpc) is 2.88. The third kappa shape index (κ3) is 2.12. The van der Waals surface area contributed by atoms with Crippen molar-refractivity contribution in [3.63, 3.8) is 0 Å². The number of aromatic nitrogens is 3. The summed E-state index contributed by atoms with van der Waals surface area (Å²) in [5.74, 6) is 0.807. The summed E-state index contributed by atoms with van der Waals surface area (Å²) >= 11 is 6.09. The molecule has 1 aromatic carbocycles. The van der Waals surface area contributed by atoms with Crippen LogP contribution >= 0.6 is 11.6 Å². The molecule has 0 unspecified atom stereocenters. The van der Waals surface area contributed by atoms with Crippen molar-refractivity contribution in [1.29, 1.82) is 0 Å². The van der Waals surface area contributed by atoms with Crippen LogP contribution in [0, 0.1) is 6.92 Å². The van der Waals surface area contributed by atoms with Crippen LogP contribution in [0.2, 0.25) is 5.02 Å². The molecule has 0 amide bonds. The first-order valence-corrected chi connectivity index (χ1v) is 6.72. The van der Waals surface area contributed by atoms with E-state index in [0.29, 0.717) is 10.7 Å². The normalized spacial score (nSPS) is 11.0. The molecule has 0 saturated carbocycles. The van der Waals surface area contributed by atoms with Gasteiger partial charge in [-0.2, -0.15) is 0 Å². The molecule has 0 aliphatic carbocycles. The van der Waals surface area contributed by atoms with Crippen molar-refractivity contribution in [2.24, 2.45) is 0 Å². The fourth-order valence-corrected chi connectivity index (χ4v) is 2.26. The number of imidazole rings is 1. The Morgan fingerprint density at radius 3 is 2.80 bits per heavy atom. The lowest BCUT2D eigenvalue weighted by atomic mass is 10.2. The van der Waals surface area contributed by atoms with E-state index in [4.69, 9.17) is 11.6 Å². The van der Waals surface area contributed by atoms with E-state index >= 15 is 0 Å². The van der Waals surface area contributed by atoms with Crippen LogP contribution in [0.4, 0.5) is 5.69 Å². The molecule has 3 aromatic rings. The highest BCUT2D eigenvalue weighted by atomic mass is 35.5. The molecule has 3 rings (SSSR count). The Labute approximate surface area is 122 Å². The molecule has 0 aliphatic heterocycles. The van der Waals surface area contributed by atoms with Crippen molar-refractivity contribution >= 4 is 28.5 Å². The fraction of sp³-hybridized carbons (Fsp3) is 0.200. The zero-order valence-corrected chi connectivity index (χ0v) is 12.4. The molecule has 5 heteroatoms. The van der Waals surface area contributed by atoms with Crippen molar-refractivity contribution in [3.8, 4) is 11.4 Å². The van der Waals surface area contributed by atoms with Gasteiger partial charge in [-0.3, -0.25) is 0 Å². The molecule has 0 bridgehead atoms. The molecule has 20 heavy (non-hydrogen) atoms. The van der Waals surface area contributed by atoms with E-state index in [0.717, 1.165) is 28.2 Å². The van der Waals surface area contributed by atoms with Gasteiger partial charge < -0.3 is 9.88 Å². The third-order valence-corrected chi connectivity index (χ3v) is 3.74. The van der Waals surface area contributed by atoms with Gasteiger partial charge in [0.2, 0.25) is 0 Å². The van der Waals surface area contributed by atoms with Crippen molar-refractivity contribution < 1.29 is 0 Å². The lowest BCUT2D eigenvalue weighted by Gasteiger charge is -2.12. The second-order valence-corrected chi connectivity index (χ2v) is 5.37. The predicted molar refractivity (Wildman–Crippen MR) is 83.4 cm³/mol. The number of benzene rings is 1. The van der Waals surface area contributed by atoms with Gasteiger partial charge in [-0.1, -0.05) is 23.7 Å². The van der Waals surface area contributed by atoms with Gasteiger partial charge in [0.1, 0.15) is 5.82 Å². The van der Waals surface area contributed by atoms with Crippen LogP contribution in [-0.2, 0) is 0 Å². The summed E-state index contributed by atoms with van der Waals surface area (Å²) in [4.78, 5) is 14.2. The number of pyridine rings is 1. The van der Waals surface area contributed by atoms with Gasteiger partial charge in [0.05, 0.1) is 10.5 Å². The molecule has 102 valence electrons. The maximum atomic E-state index is 6.09. The molecule has 0 radical (unpaired) electrons. The zero-order chi connectivity index (χ0) is 14.3. The first kappa shape index (κ1) is 12.9. The topological polar surface area (TPSA) is 44.8 Å². The van der Waals surface area contributed by atoms with Gasteiger partial charge in [0, 0.05) is 31.5 Å². The van der Waals surface area contributed by atoms with Crippen LogP contribution < -0.4 is 4.90 Å². The molecule has 0 fully saturated rings. The smallest absolute Gasteiger partial charge is 0.178 e. The Balaban J connectivity index is 2.15. The number of nitrogens with zero attached hydrogens (tertiary/aromatic N) is 3. The number of aryl methyl sites for hydroxylation is 1. The largest absolute Gasteiger partial charge is 0.378 e. The van der Waals surface area contributed by atoms with E-state index in [9.17, 15) is 0 Å². The molecule has 2 heterocycles. The number of rotatable bonds is 2. The number of anilines is 1. The second-order valence-electron chi connectivity index (χ2n) is 4.96. The molecular formula is C15H15ClN4. The number of aromatic amines is 1. The summed E-state index contributed by atoms with van der Waals surface area (Å²) in [6.45, 7) is 1.96. The number of hydrogen-bond acceptors (Lipinski definition) is 3. The Morgan fingerprint density at radius 2 is 2.05 bits per heavy atom. The lowest BCUT2D eigenvalue weighted by Crippen LogP contribution is -2.08. The minimum absolute atomic E-state index is 0.648. The number of halogens is 1. The average molecular weight is 287 g/mol. The van der Waals surface area contributed by atoms with Crippen molar-refractivity contribution in [3.05, 3.63) is 41.0 Å². The molecule has 0 aliphatic rings. The highest BCUT2D eigenvalue weighted by Crippen LogP contribution is 2.26. The SMILES string of the molecule is Cc1c(Cl)cnc2nc(-c3cccc(N(C)C)c3)[nH]c12. The van der Waals surface area contributed by atoms with E-state index in [2.05, 4.69) is 32.0 Å². The van der Waals surface area contributed by atoms with Crippen LogP contribution in [-0.4, -0.2) is 29.0 Å². The molecule has 0 saturated heterocycles. The maximum absolute atomic E-state index is 6.09. The zero-order valence-electron chi connectivity index (χ0n) is 11.6. The number of fused-ring (bicyclic) bond motifs is 1. The molecule has 0 spiro atoms. The molecule has 0 atom stereocenters. The van der Waals surface area contributed by atoms with Crippen LogP contribution in [0.15, 0.2) is 30.5 Å².